The van der Waals surface area contributed by atoms with Crippen LogP contribution in [0.2, 0.25) is 0 Å². The summed E-state index contributed by atoms with van der Waals surface area (Å²) in [6.07, 6.45) is 0.625. The Morgan fingerprint density at radius 1 is 1.13 bits per heavy atom. The third kappa shape index (κ3) is 4.85. The average Bonchev–Trinajstić information content (AvgIpc) is 3.24. The topological polar surface area (TPSA) is 81.1 Å². The molecule has 0 radical (unpaired) electrons. The van der Waals surface area contributed by atoms with E-state index in [1.165, 1.54) is 11.8 Å². The van der Waals surface area contributed by atoms with E-state index in [-0.39, 0.29) is 22.7 Å². The van der Waals surface area contributed by atoms with E-state index in [0.717, 1.165) is 27.5 Å². The molecule has 1 aliphatic rings. The second-order valence-electron chi connectivity index (χ2n) is 7.72. The smallest absolute Gasteiger partial charge is 0.252 e. The van der Waals surface area contributed by atoms with Gasteiger partial charge in [0.15, 0.2) is 9.84 Å². The quantitative estimate of drug-likeness (QED) is 0.613. The lowest BCUT2D eigenvalue weighted by molar-refractivity contribution is 0.0948. The summed E-state index contributed by atoms with van der Waals surface area (Å²) in [6, 6.07) is 17.3. The van der Waals surface area contributed by atoms with Crippen LogP contribution in [0, 0.1) is 13.8 Å². The summed E-state index contributed by atoms with van der Waals surface area (Å²) in [6.45, 7) is 4.32. The van der Waals surface area contributed by atoms with Gasteiger partial charge in [0.25, 0.3) is 5.91 Å². The van der Waals surface area contributed by atoms with Crippen molar-refractivity contribution in [1.82, 2.24) is 15.1 Å². The number of para-hydroxylation sites is 1. The van der Waals surface area contributed by atoms with Crippen molar-refractivity contribution >= 4 is 27.5 Å². The number of aryl methyl sites for hydroxylation is 1. The van der Waals surface area contributed by atoms with Crippen LogP contribution >= 0.6 is 11.8 Å². The Morgan fingerprint density at radius 3 is 2.55 bits per heavy atom. The highest BCUT2D eigenvalue weighted by Gasteiger charge is 2.29. The minimum atomic E-state index is -2.96. The van der Waals surface area contributed by atoms with Crippen molar-refractivity contribution in [2.24, 2.45) is 0 Å². The van der Waals surface area contributed by atoms with E-state index in [1.54, 1.807) is 6.07 Å². The lowest BCUT2D eigenvalue weighted by Gasteiger charge is -2.13. The van der Waals surface area contributed by atoms with Crippen molar-refractivity contribution in [3.05, 3.63) is 77.1 Å². The summed E-state index contributed by atoms with van der Waals surface area (Å²) in [5, 5.41) is 7.65. The van der Waals surface area contributed by atoms with Crippen LogP contribution in [0.3, 0.4) is 0 Å². The highest BCUT2D eigenvalue weighted by Crippen LogP contribution is 2.33. The number of carbonyl (C=O) groups excluding carboxylic acids is 1. The molecule has 4 rings (SSSR count). The molecule has 0 saturated carbocycles. The number of sulfone groups is 1. The zero-order valence-electron chi connectivity index (χ0n) is 17.5. The second-order valence-corrected chi connectivity index (χ2v) is 11.3. The number of nitrogens with one attached hydrogen (secondary N) is 1. The van der Waals surface area contributed by atoms with Gasteiger partial charge in [0.1, 0.15) is 0 Å². The molecule has 162 valence electrons. The maximum Gasteiger partial charge on any atom is 0.252 e. The molecular formula is C23H25N3O3S2. The molecule has 0 spiro atoms. The Labute approximate surface area is 187 Å². The van der Waals surface area contributed by atoms with Crippen molar-refractivity contribution < 1.29 is 13.2 Å². The molecule has 31 heavy (non-hydrogen) atoms. The number of aromatic nitrogens is 2. The maximum absolute atomic E-state index is 13.0. The van der Waals surface area contributed by atoms with E-state index < -0.39 is 9.84 Å². The molecule has 1 N–H and O–H groups in total. The van der Waals surface area contributed by atoms with Crippen LogP contribution in [0.5, 0.6) is 0 Å². The second kappa shape index (κ2) is 8.88. The predicted molar refractivity (Wildman–Crippen MR) is 124 cm³/mol. The van der Waals surface area contributed by atoms with Gasteiger partial charge in [-0.3, -0.25) is 4.79 Å². The van der Waals surface area contributed by atoms with Crippen LogP contribution in [0.15, 0.2) is 59.5 Å². The average molecular weight is 456 g/mol. The van der Waals surface area contributed by atoms with Crippen LogP contribution in [-0.4, -0.2) is 40.9 Å². The zero-order valence-corrected chi connectivity index (χ0v) is 19.2. The molecule has 1 amide bonds. The Morgan fingerprint density at radius 2 is 1.84 bits per heavy atom. The van der Waals surface area contributed by atoms with E-state index in [0.29, 0.717) is 18.5 Å². The van der Waals surface area contributed by atoms with Crippen molar-refractivity contribution in [2.45, 2.75) is 37.0 Å². The molecular weight excluding hydrogens is 430 g/mol. The van der Waals surface area contributed by atoms with Gasteiger partial charge in [0.05, 0.1) is 28.5 Å². The first-order chi connectivity index (χ1) is 14.8. The maximum atomic E-state index is 13.0. The predicted octanol–water partition coefficient (Wildman–Crippen LogP) is 3.70. The number of hydrogen-bond donors (Lipinski definition) is 1. The number of carbonyl (C=O) groups is 1. The first-order valence-corrected chi connectivity index (χ1v) is 12.9. The minimum absolute atomic E-state index is 0.00690. The lowest BCUT2D eigenvalue weighted by Crippen LogP contribution is -2.24. The third-order valence-corrected chi connectivity index (χ3v) is 8.81. The zero-order chi connectivity index (χ0) is 22.0. The fraction of sp³-hybridized carbons (Fsp3) is 0.304. The van der Waals surface area contributed by atoms with E-state index in [2.05, 4.69) is 10.4 Å². The molecule has 1 aliphatic heterocycles. The summed E-state index contributed by atoms with van der Waals surface area (Å²) in [7, 11) is -2.96. The van der Waals surface area contributed by atoms with Gasteiger partial charge in [0.2, 0.25) is 0 Å². The highest BCUT2D eigenvalue weighted by atomic mass is 32.2. The van der Waals surface area contributed by atoms with Gasteiger partial charge in [0, 0.05) is 27.9 Å². The molecule has 0 unspecified atom stereocenters. The molecule has 6 nitrogen and oxygen atoms in total. The summed E-state index contributed by atoms with van der Waals surface area (Å²) in [5.74, 6) is 0.225. The van der Waals surface area contributed by atoms with Crippen molar-refractivity contribution in [2.75, 3.05) is 11.5 Å². The molecule has 2 aromatic carbocycles. The Hall–Kier alpha value is -2.58. The van der Waals surface area contributed by atoms with Gasteiger partial charge >= 0.3 is 0 Å². The van der Waals surface area contributed by atoms with Crippen molar-refractivity contribution in [3.8, 4) is 5.69 Å². The molecule has 0 aliphatic carbocycles. The SMILES string of the molecule is Cc1nn(-c2ccccc2)c(C)c1CNC(=O)c1ccccc1S[C@H]1CCS(=O)(=O)C1. The molecule has 1 saturated heterocycles. The molecule has 1 fully saturated rings. The van der Waals surface area contributed by atoms with Gasteiger partial charge < -0.3 is 5.32 Å². The van der Waals surface area contributed by atoms with Crippen LogP contribution < -0.4 is 5.32 Å². The number of hydrogen-bond acceptors (Lipinski definition) is 5. The van der Waals surface area contributed by atoms with E-state index in [4.69, 9.17) is 0 Å². The van der Waals surface area contributed by atoms with E-state index >= 15 is 0 Å². The van der Waals surface area contributed by atoms with Gasteiger partial charge in [-0.15, -0.1) is 11.8 Å². The van der Waals surface area contributed by atoms with Gasteiger partial charge in [-0.05, 0) is 44.5 Å². The Bertz CT molecular complexity index is 1200. The number of benzene rings is 2. The first kappa shape index (κ1) is 21.6. The number of amides is 1. The molecule has 2 heterocycles. The monoisotopic (exact) mass is 455 g/mol. The number of thioether (sulfide) groups is 1. The van der Waals surface area contributed by atoms with Gasteiger partial charge in [-0.2, -0.15) is 5.10 Å². The Kier molecular flexibility index (Phi) is 6.20. The number of nitrogens with zero attached hydrogens (tertiary/aromatic N) is 2. The van der Waals surface area contributed by atoms with E-state index in [1.807, 2.05) is 67.1 Å². The standard InChI is InChI=1S/C23H25N3O3S2/c1-16-21(17(2)26(25-16)18-8-4-3-5-9-18)14-24-23(27)20-10-6-7-11-22(20)30-19-12-13-31(28,29)15-19/h3-11,19H,12-15H2,1-2H3,(H,24,27)/t19-/m0/s1. The normalized spacial score (nSPS) is 17.5. The van der Waals surface area contributed by atoms with E-state index in [9.17, 15) is 13.2 Å². The largest absolute Gasteiger partial charge is 0.348 e. The van der Waals surface area contributed by atoms with Crippen LogP contribution in [-0.2, 0) is 16.4 Å². The molecule has 8 heteroatoms. The fourth-order valence-electron chi connectivity index (χ4n) is 3.81. The van der Waals surface area contributed by atoms with Crippen LogP contribution in [0.4, 0.5) is 0 Å². The third-order valence-electron chi connectivity index (χ3n) is 5.48. The minimum Gasteiger partial charge on any atom is -0.348 e. The highest BCUT2D eigenvalue weighted by molar-refractivity contribution is 8.02. The summed E-state index contributed by atoms with van der Waals surface area (Å²) >= 11 is 1.48. The number of rotatable bonds is 6. The summed E-state index contributed by atoms with van der Waals surface area (Å²) < 4.78 is 25.4. The Balaban J connectivity index is 1.48. The molecule has 1 aromatic heterocycles. The van der Waals surface area contributed by atoms with Crippen LogP contribution in [0.1, 0.15) is 33.7 Å². The molecule has 0 bridgehead atoms. The van der Waals surface area contributed by atoms with Crippen molar-refractivity contribution in [3.63, 3.8) is 0 Å². The molecule has 3 aromatic rings. The first-order valence-electron chi connectivity index (χ1n) is 10.2. The van der Waals surface area contributed by atoms with Crippen molar-refractivity contribution in [1.29, 1.82) is 0 Å². The van der Waals surface area contributed by atoms with Gasteiger partial charge in [-0.1, -0.05) is 30.3 Å². The van der Waals surface area contributed by atoms with Crippen LogP contribution in [0.25, 0.3) is 5.69 Å². The van der Waals surface area contributed by atoms with Gasteiger partial charge in [-0.25, -0.2) is 13.1 Å². The molecule has 1 atom stereocenters. The summed E-state index contributed by atoms with van der Waals surface area (Å²) in [5.41, 5.74) is 4.41. The fourth-order valence-corrected chi connectivity index (χ4v) is 7.43. The summed E-state index contributed by atoms with van der Waals surface area (Å²) in [4.78, 5) is 13.8. The lowest BCUT2D eigenvalue weighted by atomic mass is 10.1.